The molecule has 0 aliphatic heterocycles. The van der Waals surface area contributed by atoms with E-state index in [1.165, 1.54) is 0 Å². The summed E-state index contributed by atoms with van der Waals surface area (Å²) in [6.45, 7) is 5.48. The quantitative estimate of drug-likeness (QED) is 0.857. The Morgan fingerprint density at radius 3 is 2.96 bits per heavy atom. The van der Waals surface area contributed by atoms with Crippen molar-refractivity contribution in [2.24, 2.45) is 5.92 Å². The molecule has 0 radical (unpaired) electrons. The number of aromatic nitrogens is 4. The highest BCUT2D eigenvalue weighted by Crippen LogP contribution is 2.57. The Morgan fingerprint density at radius 1 is 1.44 bits per heavy atom. The third-order valence-electron chi connectivity index (χ3n) is 5.08. The van der Waals surface area contributed by atoms with Crippen molar-refractivity contribution in [1.82, 2.24) is 25.1 Å². The maximum absolute atomic E-state index is 12.7. The molecule has 7 nitrogen and oxygen atoms in total. The highest BCUT2D eigenvalue weighted by molar-refractivity contribution is 5.95. The van der Waals surface area contributed by atoms with Gasteiger partial charge in [-0.2, -0.15) is 5.10 Å². The molecule has 132 valence electrons. The van der Waals surface area contributed by atoms with Crippen molar-refractivity contribution in [3.8, 4) is 5.82 Å². The van der Waals surface area contributed by atoms with Gasteiger partial charge in [0.1, 0.15) is 0 Å². The van der Waals surface area contributed by atoms with Gasteiger partial charge in [0.15, 0.2) is 11.5 Å². The van der Waals surface area contributed by atoms with Crippen LogP contribution in [0.25, 0.3) is 5.82 Å². The van der Waals surface area contributed by atoms with Crippen LogP contribution in [0.1, 0.15) is 60.5 Å². The number of aryl methyl sites for hydroxylation is 1. The third kappa shape index (κ3) is 2.72. The van der Waals surface area contributed by atoms with E-state index < -0.39 is 5.54 Å². The van der Waals surface area contributed by atoms with Crippen LogP contribution < -0.4 is 5.32 Å². The lowest BCUT2D eigenvalue weighted by atomic mass is 10.1. The summed E-state index contributed by atoms with van der Waals surface area (Å²) in [5.74, 6) is 1.53. The summed E-state index contributed by atoms with van der Waals surface area (Å²) in [5, 5.41) is 16.9. The van der Waals surface area contributed by atoms with Crippen molar-refractivity contribution >= 4 is 5.91 Å². The van der Waals surface area contributed by atoms with Crippen LogP contribution in [0.4, 0.5) is 0 Å². The van der Waals surface area contributed by atoms with Crippen molar-refractivity contribution in [3.05, 3.63) is 35.0 Å². The summed E-state index contributed by atoms with van der Waals surface area (Å²) in [6, 6.07) is 0. The van der Waals surface area contributed by atoms with E-state index in [-0.39, 0.29) is 12.5 Å². The predicted molar refractivity (Wildman–Crippen MR) is 91.7 cm³/mol. The summed E-state index contributed by atoms with van der Waals surface area (Å²) in [6.07, 6.45) is 6.30. The molecule has 2 heterocycles. The Morgan fingerprint density at radius 2 is 2.24 bits per heavy atom. The first-order valence-electron chi connectivity index (χ1n) is 8.80. The zero-order valence-electron chi connectivity index (χ0n) is 14.8. The molecule has 2 N–H and O–H groups in total. The van der Waals surface area contributed by atoms with E-state index >= 15 is 0 Å². The summed E-state index contributed by atoms with van der Waals surface area (Å²) in [4.78, 5) is 21.6. The number of aliphatic hydroxyl groups excluding tert-OH is 1. The lowest BCUT2D eigenvalue weighted by Gasteiger charge is -2.23. The van der Waals surface area contributed by atoms with Crippen molar-refractivity contribution in [2.75, 3.05) is 6.61 Å². The second kappa shape index (κ2) is 5.62. The van der Waals surface area contributed by atoms with Gasteiger partial charge in [-0.3, -0.25) is 9.78 Å². The molecule has 2 aliphatic carbocycles. The molecule has 0 spiro atoms. The number of amides is 1. The van der Waals surface area contributed by atoms with E-state index in [4.69, 9.17) is 0 Å². The number of carbonyl (C=O) groups excluding carboxylic acids is 1. The van der Waals surface area contributed by atoms with Gasteiger partial charge in [-0.05, 0) is 39.0 Å². The third-order valence-corrected chi connectivity index (χ3v) is 5.08. The fourth-order valence-electron chi connectivity index (χ4n) is 3.55. The molecule has 2 aromatic heterocycles. The molecule has 0 unspecified atom stereocenters. The number of hydrogen-bond donors (Lipinski definition) is 2. The van der Waals surface area contributed by atoms with Gasteiger partial charge in [-0.1, -0.05) is 6.92 Å². The SMILES string of the molecule is CCc1cncc(-n2nc(C(=O)NC(C)(C)CO)c3c2[C@@H]2C[C@@H]2C3)n1. The average Bonchev–Trinajstić information content (AvgIpc) is 3.10. The monoisotopic (exact) mass is 341 g/mol. The Kier molecular flexibility index (Phi) is 3.64. The van der Waals surface area contributed by atoms with Crippen LogP contribution in [0.2, 0.25) is 0 Å². The zero-order valence-corrected chi connectivity index (χ0v) is 14.8. The van der Waals surface area contributed by atoms with Crippen LogP contribution in [-0.4, -0.2) is 42.9 Å². The minimum absolute atomic E-state index is 0.128. The maximum Gasteiger partial charge on any atom is 0.272 e. The number of rotatable bonds is 5. The number of fused-ring (bicyclic) bond motifs is 3. The molecule has 7 heteroatoms. The van der Waals surface area contributed by atoms with Gasteiger partial charge < -0.3 is 10.4 Å². The molecule has 0 bridgehead atoms. The molecule has 1 saturated carbocycles. The molecule has 0 saturated heterocycles. The van der Waals surface area contributed by atoms with E-state index in [1.807, 2.05) is 6.92 Å². The van der Waals surface area contributed by atoms with Crippen molar-refractivity contribution in [3.63, 3.8) is 0 Å². The Balaban J connectivity index is 1.76. The summed E-state index contributed by atoms with van der Waals surface area (Å²) in [5.41, 5.74) is 2.81. The van der Waals surface area contributed by atoms with Crippen LogP contribution in [0, 0.1) is 5.92 Å². The number of nitrogens with zero attached hydrogens (tertiary/aromatic N) is 4. The van der Waals surface area contributed by atoms with E-state index in [0.717, 1.165) is 36.2 Å². The van der Waals surface area contributed by atoms with Gasteiger partial charge in [-0.15, -0.1) is 0 Å². The van der Waals surface area contributed by atoms with Crippen molar-refractivity contribution in [1.29, 1.82) is 0 Å². The van der Waals surface area contributed by atoms with Gasteiger partial charge in [0.05, 0.1) is 29.7 Å². The lowest BCUT2D eigenvalue weighted by Crippen LogP contribution is -2.46. The number of carbonyl (C=O) groups is 1. The highest BCUT2D eigenvalue weighted by Gasteiger charge is 2.50. The Bertz CT molecular complexity index is 842. The second-order valence-corrected chi connectivity index (χ2v) is 7.65. The number of nitrogens with one attached hydrogen (secondary N) is 1. The minimum atomic E-state index is -0.683. The van der Waals surface area contributed by atoms with Gasteiger partial charge in [0, 0.05) is 17.7 Å². The highest BCUT2D eigenvalue weighted by atomic mass is 16.3. The smallest absolute Gasteiger partial charge is 0.272 e. The first-order chi connectivity index (χ1) is 11.9. The minimum Gasteiger partial charge on any atom is -0.394 e. The van der Waals surface area contributed by atoms with E-state index in [2.05, 4.69) is 20.4 Å². The average molecular weight is 341 g/mol. The predicted octanol–water partition coefficient (Wildman–Crippen LogP) is 1.38. The standard InChI is InChI=1S/C18H23N5O2/c1-4-11-7-19-8-14(20-11)23-16-12-5-10(12)6-13(16)15(22-23)17(25)21-18(2,3)9-24/h7-8,10,12,24H,4-6,9H2,1-3H3,(H,21,25)/t10-,12-/m1/s1. The largest absolute Gasteiger partial charge is 0.394 e. The molecule has 2 aromatic rings. The van der Waals surface area contributed by atoms with Crippen LogP contribution >= 0.6 is 0 Å². The van der Waals surface area contributed by atoms with Gasteiger partial charge in [0.2, 0.25) is 0 Å². The number of hydrogen-bond acceptors (Lipinski definition) is 5. The van der Waals surface area contributed by atoms with E-state index in [0.29, 0.717) is 23.3 Å². The molecule has 2 aliphatic rings. The zero-order chi connectivity index (χ0) is 17.8. The topological polar surface area (TPSA) is 92.9 Å². The van der Waals surface area contributed by atoms with Crippen molar-refractivity contribution < 1.29 is 9.90 Å². The molecule has 2 atom stereocenters. The van der Waals surface area contributed by atoms with E-state index in [1.54, 1.807) is 30.9 Å². The van der Waals surface area contributed by atoms with Crippen LogP contribution in [0.15, 0.2) is 12.4 Å². The van der Waals surface area contributed by atoms with Crippen LogP contribution in [0.3, 0.4) is 0 Å². The lowest BCUT2D eigenvalue weighted by molar-refractivity contribution is 0.0863. The van der Waals surface area contributed by atoms with Crippen LogP contribution in [-0.2, 0) is 12.8 Å². The number of aliphatic hydroxyl groups is 1. The molecule has 25 heavy (non-hydrogen) atoms. The van der Waals surface area contributed by atoms with Gasteiger partial charge in [0.25, 0.3) is 5.91 Å². The fourth-order valence-corrected chi connectivity index (χ4v) is 3.55. The second-order valence-electron chi connectivity index (χ2n) is 7.65. The molecular weight excluding hydrogens is 318 g/mol. The van der Waals surface area contributed by atoms with Gasteiger partial charge >= 0.3 is 0 Å². The summed E-state index contributed by atoms with van der Waals surface area (Å²) >= 11 is 0. The van der Waals surface area contributed by atoms with Crippen LogP contribution in [0.5, 0.6) is 0 Å². The summed E-state index contributed by atoms with van der Waals surface area (Å²) < 4.78 is 1.81. The first kappa shape index (κ1) is 16.2. The Hall–Kier alpha value is -2.28. The fraction of sp³-hybridized carbons (Fsp3) is 0.556. The maximum atomic E-state index is 12.7. The molecule has 0 aromatic carbocycles. The summed E-state index contributed by atoms with van der Waals surface area (Å²) in [7, 11) is 0. The Labute approximate surface area is 146 Å². The van der Waals surface area contributed by atoms with E-state index in [9.17, 15) is 9.90 Å². The first-order valence-corrected chi connectivity index (χ1v) is 8.80. The molecule has 4 rings (SSSR count). The molecule has 1 amide bonds. The van der Waals surface area contributed by atoms with Gasteiger partial charge in [-0.25, -0.2) is 9.67 Å². The normalized spacial score (nSPS) is 21.0. The molecular formula is C18H23N5O2. The molecule has 1 fully saturated rings. The van der Waals surface area contributed by atoms with Crippen molar-refractivity contribution in [2.45, 2.75) is 51.5 Å².